The van der Waals surface area contributed by atoms with E-state index in [9.17, 15) is 23.1 Å². The summed E-state index contributed by atoms with van der Waals surface area (Å²) in [5.74, 6) is -0.799. The Morgan fingerprint density at radius 2 is 1.59 bits per heavy atom. The monoisotopic (exact) mass is 517 g/mol. The van der Waals surface area contributed by atoms with Crippen molar-refractivity contribution in [2.75, 3.05) is 10.8 Å². The Hall–Kier alpha value is -4.57. The SMILES string of the molecule is O=C1c2ccccc2C(=O)N1CCC=Cc1ccc(N2C=C(O)NS2(=O)=O)c(OCc2ccccc2)c1. The molecule has 0 bridgehead atoms. The number of benzene rings is 3. The molecule has 0 spiro atoms. The molecule has 2 amide bonds. The molecule has 10 heteroatoms. The lowest BCUT2D eigenvalue weighted by molar-refractivity contribution is 0.0657. The van der Waals surface area contributed by atoms with E-state index in [0.717, 1.165) is 21.6 Å². The number of aliphatic hydroxyl groups is 1. The van der Waals surface area contributed by atoms with E-state index in [1.165, 1.54) is 4.90 Å². The van der Waals surface area contributed by atoms with Crippen LogP contribution in [0.15, 0.2) is 91.0 Å². The predicted molar refractivity (Wildman–Crippen MR) is 138 cm³/mol. The van der Waals surface area contributed by atoms with Gasteiger partial charge < -0.3 is 9.84 Å². The zero-order chi connectivity index (χ0) is 26.0. The molecule has 0 aromatic heterocycles. The van der Waals surface area contributed by atoms with Crippen LogP contribution in [0.3, 0.4) is 0 Å². The number of hydrogen-bond donors (Lipinski definition) is 2. The average Bonchev–Trinajstić information content (AvgIpc) is 3.31. The number of carbonyl (C=O) groups is 2. The van der Waals surface area contributed by atoms with E-state index in [2.05, 4.69) is 0 Å². The number of amides is 2. The Morgan fingerprint density at radius 1 is 0.919 bits per heavy atom. The highest BCUT2D eigenvalue weighted by atomic mass is 32.2. The molecule has 0 aliphatic carbocycles. The molecule has 2 aliphatic heterocycles. The maximum Gasteiger partial charge on any atom is 0.330 e. The number of hydrogen-bond acceptors (Lipinski definition) is 6. The highest BCUT2D eigenvalue weighted by Crippen LogP contribution is 2.34. The van der Waals surface area contributed by atoms with Gasteiger partial charge in [-0.1, -0.05) is 60.7 Å². The van der Waals surface area contributed by atoms with Gasteiger partial charge in [0.1, 0.15) is 18.0 Å². The number of aliphatic hydroxyl groups excluding tert-OH is 1. The van der Waals surface area contributed by atoms with Crippen LogP contribution < -0.4 is 13.8 Å². The van der Waals surface area contributed by atoms with E-state index >= 15 is 0 Å². The molecular weight excluding hydrogens is 494 g/mol. The quantitative estimate of drug-likeness (QED) is 0.437. The average molecular weight is 518 g/mol. The third-order valence-electron chi connectivity index (χ3n) is 5.90. The highest BCUT2D eigenvalue weighted by Gasteiger charge is 2.34. The summed E-state index contributed by atoms with van der Waals surface area (Å²) in [6, 6.07) is 21.2. The number of fused-ring (bicyclic) bond motifs is 1. The zero-order valence-corrected chi connectivity index (χ0v) is 20.4. The second-order valence-corrected chi connectivity index (χ2v) is 9.96. The van der Waals surface area contributed by atoms with Crippen LogP contribution in [0.1, 0.15) is 38.3 Å². The van der Waals surface area contributed by atoms with Crippen molar-refractivity contribution in [1.82, 2.24) is 9.62 Å². The number of anilines is 1. The van der Waals surface area contributed by atoms with Crippen LogP contribution >= 0.6 is 0 Å². The van der Waals surface area contributed by atoms with E-state index < -0.39 is 16.1 Å². The lowest BCUT2D eigenvalue weighted by atomic mass is 10.1. The third-order valence-corrected chi connectivity index (χ3v) is 7.19. The minimum Gasteiger partial charge on any atom is -0.493 e. The van der Waals surface area contributed by atoms with Gasteiger partial charge >= 0.3 is 10.2 Å². The number of carbonyl (C=O) groups excluding carboxylic acids is 2. The summed E-state index contributed by atoms with van der Waals surface area (Å²) in [7, 11) is -4.00. The van der Waals surface area contributed by atoms with Gasteiger partial charge in [0.25, 0.3) is 11.8 Å². The molecule has 0 fully saturated rings. The standard InChI is InChI=1S/C27H23N3O6S/c31-25-17-30(37(34,35)28-25)23-14-13-19(16-24(23)36-18-20-9-2-1-3-10-20)8-6-7-15-29-26(32)21-11-4-5-12-22(21)27(29)33/h1-6,8-14,16-17,28,31H,7,15,18H2. The molecule has 0 saturated carbocycles. The van der Waals surface area contributed by atoms with Gasteiger partial charge in [-0.05, 0) is 41.8 Å². The lowest BCUT2D eigenvalue weighted by Crippen LogP contribution is -2.30. The van der Waals surface area contributed by atoms with E-state index in [4.69, 9.17) is 4.74 Å². The molecule has 3 aromatic carbocycles. The number of ether oxygens (including phenoxy) is 1. The molecule has 0 saturated heterocycles. The maximum atomic E-state index is 12.5. The molecular formula is C27H23N3O6S. The third kappa shape index (κ3) is 4.91. The van der Waals surface area contributed by atoms with Crippen LogP contribution in [-0.2, 0) is 16.8 Å². The summed E-state index contributed by atoms with van der Waals surface area (Å²) >= 11 is 0. The molecule has 0 radical (unpaired) electrons. The summed E-state index contributed by atoms with van der Waals surface area (Å²) in [6.07, 6.45) is 5.15. The molecule has 2 heterocycles. The summed E-state index contributed by atoms with van der Waals surface area (Å²) in [4.78, 5) is 26.3. The topological polar surface area (TPSA) is 116 Å². The second-order valence-electron chi connectivity index (χ2n) is 8.42. The van der Waals surface area contributed by atoms with Crippen LogP contribution in [-0.4, -0.2) is 36.8 Å². The first-order chi connectivity index (χ1) is 17.8. The van der Waals surface area contributed by atoms with Gasteiger partial charge in [-0.2, -0.15) is 8.42 Å². The van der Waals surface area contributed by atoms with Crippen molar-refractivity contribution in [2.45, 2.75) is 13.0 Å². The number of imide groups is 1. The number of nitrogens with zero attached hydrogens (tertiary/aromatic N) is 2. The first kappa shape index (κ1) is 24.1. The van der Waals surface area contributed by atoms with Gasteiger partial charge in [-0.25, -0.2) is 9.03 Å². The molecule has 0 unspecified atom stereocenters. The Balaban J connectivity index is 1.33. The molecule has 0 atom stereocenters. The van der Waals surface area contributed by atoms with Gasteiger partial charge in [0.05, 0.1) is 17.3 Å². The first-order valence-electron chi connectivity index (χ1n) is 11.5. The molecule has 188 valence electrons. The van der Waals surface area contributed by atoms with Crippen molar-refractivity contribution in [3.63, 3.8) is 0 Å². The van der Waals surface area contributed by atoms with Crippen LogP contribution in [0, 0.1) is 0 Å². The minimum atomic E-state index is -4.00. The fourth-order valence-corrected chi connectivity index (χ4v) is 5.18. The van der Waals surface area contributed by atoms with Crippen LogP contribution in [0.4, 0.5) is 5.69 Å². The maximum absolute atomic E-state index is 12.5. The van der Waals surface area contributed by atoms with Crippen molar-refractivity contribution in [3.8, 4) is 5.75 Å². The molecule has 9 nitrogen and oxygen atoms in total. The zero-order valence-electron chi connectivity index (χ0n) is 19.6. The Labute approximate surface area is 214 Å². The predicted octanol–water partition coefficient (Wildman–Crippen LogP) is 3.98. The number of nitrogens with one attached hydrogen (secondary N) is 1. The van der Waals surface area contributed by atoms with Crippen molar-refractivity contribution in [1.29, 1.82) is 0 Å². The van der Waals surface area contributed by atoms with Gasteiger partial charge in [0.15, 0.2) is 0 Å². The molecule has 2 aliphatic rings. The lowest BCUT2D eigenvalue weighted by Gasteiger charge is -2.19. The summed E-state index contributed by atoms with van der Waals surface area (Å²) < 4.78 is 33.8. The van der Waals surface area contributed by atoms with Gasteiger partial charge in [-0.3, -0.25) is 14.5 Å². The summed E-state index contributed by atoms with van der Waals surface area (Å²) in [5.41, 5.74) is 2.69. The van der Waals surface area contributed by atoms with Crippen molar-refractivity contribution in [2.24, 2.45) is 0 Å². The largest absolute Gasteiger partial charge is 0.493 e. The molecule has 37 heavy (non-hydrogen) atoms. The van der Waals surface area contributed by atoms with Crippen LogP contribution in [0.5, 0.6) is 5.75 Å². The van der Waals surface area contributed by atoms with Crippen molar-refractivity contribution < 1.29 is 27.9 Å². The molecule has 5 rings (SSSR count). The second kappa shape index (κ2) is 9.82. The van der Waals surface area contributed by atoms with Gasteiger partial charge in [-0.15, -0.1) is 0 Å². The van der Waals surface area contributed by atoms with E-state index in [1.807, 2.05) is 41.1 Å². The fourth-order valence-electron chi connectivity index (χ4n) is 4.12. The summed E-state index contributed by atoms with van der Waals surface area (Å²) in [5, 5.41) is 9.70. The summed E-state index contributed by atoms with van der Waals surface area (Å²) in [6.45, 7) is 0.442. The van der Waals surface area contributed by atoms with Crippen molar-refractivity contribution in [3.05, 3.63) is 113 Å². The fraction of sp³-hybridized carbons (Fsp3) is 0.111. The van der Waals surface area contributed by atoms with E-state index in [-0.39, 0.29) is 30.7 Å². The highest BCUT2D eigenvalue weighted by molar-refractivity contribution is 7.91. The van der Waals surface area contributed by atoms with Crippen LogP contribution in [0.25, 0.3) is 6.08 Å². The Kier molecular flexibility index (Phi) is 6.41. The molecule has 3 aromatic rings. The number of rotatable bonds is 8. The van der Waals surface area contributed by atoms with E-state index in [1.54, 1.807) is 48.5 Å². The molecule has 2 N–H and O–H groups in total. The first-order valence-corrected chi connectivity index (χ1v) is 12.9. The Bertz CT molecular complexity index is 1500. The van der Waals surface area contributed by atoms with Gasteiger partial charge in [0.2, 0.25) is 5.88 Å². The van der Waals surface area contributed by atoms with Crippen LogP contribution in [0.2, 0.25) is 0 Å². The normalized spacial score (nSPS) is 16.2. The van der Waals surface area contributed by atoms with E-state index in [0.29, 0.717) is 23.3 Å². The minimum absolute atomic E-state index is 0.206. The van der Waals surface area contributed by atoms with Crippen molar-refractivity contribution >= 4 is 33.8 Å². The van der Waals surface area contributed by atoms with Gasteiger partial charge in [0, 0.05) is 6.54 Å². The smallest absolute Gasteiger partial charge is 0.330 e. The Morgan fingerprint density at radius 3 is 2.24 bits per heavy atom.